The normalized spacial score (nSPS) is 15.9. The predicted octanol–water partition coefficient (Wildman–Crippen LogP) is 2.83. The molecule has 0 saturated carbocycles. The molecule has 0 aliphatic carbocycles. The molecular weight excluding hydrogens is 284 g/mol. The lowest BCUT2D eigenvalue weighted by Gasteiger charge is -2.23. The molecular formula is C16H20N2O4. The van der Waals surface area contributed by atoms with Crippen LogP contribution >= 0.6 is 0 Å². The first-order valence-electron chi connectivity index (χ1n) is 7.64. The van der Waals surface area contributed by atoms with Gasteiger partial charge in [-0.2, -0.15) is 0 Å². The first-order chi connectivity index (χ1) is 10.8. The van der Waals surface area contributed by atoms with Crippen LogP contribution in [-0.2, 0) is 15.9 Å². The van der Waals surface area contributed by atoms with E-state index in [4.69, 9.17) is 18.6 Å². The molecule has 118 valence electrons. The van der Waals surface area contributed by atoms with Crippen LogP contribution in [0.2, 0.25) is 0 Å². The van der Waals surface area contributed by atoms with E-state index in [0.717, 1.165) is 43.8 Å². The second-order valence-corrected chi connectivity index (χ2v) is 5.04. The second-order valence-electron chi connectivity index (χ2n) is 5.04. The summed E-state index contributed by atoms with van der Waals surface area (Å²) >= 11 is 0. The summed E-state index contributed by atoms with van der Waals surface area (Å²) in [5, 5.41) is 7.98. The summed E-state index contributed by atoms with van der Waals surface area (Å²) in [5.74, 6) is 1.98. The van der Waals surface area contributed by atoms with Crippen LogP contribution in [0, 0.1) is 0 Å². The SMILES string of the molecule is CCc1nnc(-c2ccc(OCCC3OCCCO3)cc2)o1. The highest BCUT2D eigenvalue weighted by atomic mass is 16.7. The van der Waals surface area contributed by atoms with Gasteiger partial charge >= 0.3 is 0 Å². The molecule has 6 nitrogen and oxygen atoms in total. The summed E-state index contributed by atoms with van der Waals surface area (Å²) in [4.78, 5) is 0. The summed E-state index contributed by atoms with van der Waals surface area (Å²) < 4.78 is 22.2. The predicted molar refractivity (Wildman–Crippen MR) is 79.5 cm³/mol. The van der Waals surface area contributed by atoms with Gasteiger partial charge in [0.25, 0.3) is 0 Å². The molecule has 22 heavy (non-hydrogen) atoms. The van der Waals surface area contributed by atoms with Gasteiger partial charge < -0.3 is 18.6 Å². The minimum Gasteiger partial charge on any atom is -0.493 e. The molecule has 1 fully saturated rings. The summed E-state index contributed by atoms with van der Waals surface area (Å²) in [6.45, 7) is 4.07. The van der Waals surface area contributed by atoms with Crippen LogP contribution in [-0.4, -0.2) is 36.3 Å². The smallest absolute Gasteiger partial charge is 0.247 e. The highest BCUT2D eigenvalue weighted by Crippen LogP contribution is 2.21. The number of nitrogens with zero attached hydrogens (tertiary/aromatic N) is 2. The molecule has 1 aliphatic heterocycles. The molecule has 2 aromatic rings. The summed E-state index contributed by atoms with van der Waals surface area (Å²) in [7, 11) is 0. The Morgan fingerprint density at radius 3 is 2.59 bits per heavy atom. The van der Waals surface area contributed by atoms with Crippen LogP contribution in [0.1, 0.15) is 25.7 Å². The van der Waals surface area contributed by atoms with Crippen molar-refractivity contribution in [3.8, 4) is 17.2 Å². The van der Waals surface area contributed by atoms with E-state index in [1.54, 1.807) is 0 Å². The monoisotopic (exact) mass is 304 g/mol. The first-order valence-corrected chi connectivity index (χ1v) is 7.64. The Hall–Kier alpha value is -1.92. The molecule has 1 aliphatic rings. The van der Waals surface area contributed by atoms with Crippen LogP contribution in [0.5, 0.6) is 5.75 Å². The van der Waals surface area contributed by atoms with Gasteiger partial charge in [0.15, 0.2) is 6.29 Å². The highest BCUT2D eigenvalue weighted by molar-refractivity contribution is 5.53. The standard InChI is InChI=1S/C16H20N2O4/c1-2-14-17-18-16(22-14)12-4-6-13(7-5-12)19-11-8-15-20-9-3-10-21-15/h4-7,15H,2-3,8-11H2,1H3. The Morgan fingerprint density at radius 1 is 1.14 bits per heavy atom. The van der Waals surface area contributed by atoms with Gasteiger partial charge in [0.2, 0.25) is 11.8 Å². The van der Waals surface area contributed by atoms with Gasteiger partial charge in [0, 0.05) is 18.4 Å². The van der Waals surface area contributed by atoms with Gasteiger partial charge in [-0.1, -0.05) is 6.92 Å². The maximum absolute atomic E-state index is 5.70. The van der Waals surface area contributed by atoms with Crippen LogP contribution in [0.4, 0.5) is 0 Å². The minimum absolute atomic E-state index is 0.140. The molecule has 0 radical (unpaired) electrons. The van der Waals surface area contributed by atoms with E-state index in [1.165, 1.54) is 0 Å². The lowest BCUT2D eigenvalue weighted by Crippen LogP contribution is -2.26. The highest BCUT2D eigenvalue weighted by Gasteiger charge is 2.14. The van der Waals surface area contributed by atoms with Crippen molar-refractivity contribution in [2.45, 2.75) is 32.5 Å². The summed E-state index contributed by atoms with van der Waals surface area (Å²) in [6, 6.07) is 7.62. The van der Waals surface area contributed by atoms with Crippen molar-refractivity contribution in [3.05, 3.63) is 30.2 Å². The largest absolute Gasteiger partial charge is 0.493 e. The van der Waals surface area contributed by atoms with Gasteiger partial charge in [-0.3, -0.25) is 0 Å². The van der Waals surface area contributed by atoms with Crippen LogP contribution < -0.4 is 4.74 Å². The number of hydrogen-bond donors (Lipinski definition) is 0. The zero-order valence-corrected chi connectivity index (χ0v) is 12.7. The molecule has 0 unspecified atom stereocenters. The van der Waals surface area contributed by atoms with E-state index in [2.05, 4.69) is 10.2 Å². The van der Waals surface area contributed by atoms with E-state index >= 15 is 0 Å². The summed E-state index contributed by atoms with van der Waals surface area (Å²) in [6.07, 6.45) is 2.29. The molecule has 0 N–H and O–H groups in total. The Morgan fingerprint density at radius 2 is 1.91 bits per heavy atom. The minimum atomic E-state index is -0.140. The van der Waals surface area contributed by atoms with E-state index in [-0.39, 0.29) is 6.29 Å². The van der Waals surface area contributed by atoms with Gasteiger partial charge in [-0.05, 0) is 30.7 Å². The van der Waals surface area contributed by atoms with Crippen LogP contribution in [0.15, 0.2) is 28.7 Å². The third-order valence-electron chi connectivity index (χ3n) is 3.39. The third-order valence-corrected chi connectivity index (χ3v) is 3.39. The zero-order chi connectivity index (χ0) is 15.2. The third kappa shape index (κ3) is 3.84. The second kappa shape index (κ2) is 7.38. The zero-order valence-electron chi connectivity index (χ0n) is 12.7. The molecule has 6 heteroatoms. The molecule has 3 rings (SSSR count). The Kier molecular flexibility index (Phi) is 5.03. The van der Waals surface area contributed by atoms with Crippen molar-refractivity contribution >= 4 is 0 Å². The van der Waals surface area contributed by atoms with Crippen molar-refractivity contribution in [2.24, 2.45) is 0 Å². The quantitative estimate of drug-likeness (QED) is 0.817. The van der Waals surface area contributed by atoms with E-state index in [0.29, 0.717) is 18.4 Å². The van der Waals surface area contributed by atoms with E-state index in [1.807, 2.05) is 31.2 Å². The number of ether oxygens (including phenoxy) is 3. The van der Waals surface area contributed by atoms with Crippen molar-refractivity contribution in [1.29, 1.82) is 0 Å². The van der Waals surface area contributed by atoms with Crippen LogP contribution in [0.25, 0.3) is 11.5 Å². The number of rotatable bonds is 6. The Balaban J connectivity index is 1.50. The first kappa shape index (κ1) is 15.0. The molecule has 0 atom stereocenters. The summed E-state index contributed by atoms with van der Waals surface area (Å²) in [5.41, 5.74) is 0.887. The maximum atomic E-state index is 5.70. The molecule has 1 aromatic heterocycles. The van der Waals surface area contributed by atoms with Crippen molar-refractivity contribution in [3.63, 3.8) is 0 Å². The lowest BCUT2D eigenvalue weighted by atomic mass is 10.2. The lowest BCUT2D eigenvalue weighted by molar-refractivity contribution is -0.183. The van der Waals surface area contributed by atoms with Crippen molar-refractivity contribution < 1.29 is 18.6 Å². The number of aryl methyl sites for hydroxylation is 1. The molecule has 1 saturated heterocycles. The number of hydrogen-bond acceptors (Lipinski definition) is 6. The molecule has 0 spiro atoms. The van der Waals surface area contributed by atoms with Gasteiger partial charge in [0.05, 0.1) is 19.8 Å². The average Bonchev–Trinajstić information content (AvgIpc) is 3.06. The van der Waals surface area contributed by atoms with E-state index in [9.17, 15) is 0 Å². The fourth-order valence-electron chi connectivity index (χ4n) is 2.18. The molecule has 0 amide bonds. The van der Waals surface area contributed by atoms with Crippen molar-refractivity contribution in [1.82, 2.24) is 10.2 Å². The fraction of sp³-hybridized carbons (Fsp3) is 0.500. The topological polar surface area (TPSA) is 66.6 Å². The van der Waals surface area contributed by atoms with Gasteiger partial charge in [-0.15, -0.1) is 10.2 Å². The van der Waals surface area contributed by atoms with E-state index < -0.39 is 0 Å². The number of benzene rings is 1. The molecule has 0 bridgehead atoms. The Bertz CT molecular complexity index is 576. The average molecular weight is 304 g/mol. The fourth-order valence-corrected chi connectivity index (χ4v) is 2.18. The number of aromatic nitrogens is 2. The Labute approximate surface area is 129 Å². The van der Waals surface area contributed by atoms with Gasteiger partial charge in [0.1, 0.15) is 5.75 Å². The van der Waals surface area contributed by atoms with Gasteiger partial charge in [-0.25, -0.2) is 0 Å². The molecule has 1 aromatic carbocycles. The van der Waals surface area contributed by atoms with Crippen LogP contribution in [0.3, 0.4) is 0 Å². The molecule has 2 heterocycles. The maximum Gasteiger partial charge on any atom is 0.247 e. The van der Waals surface area contributed by atoms with Crippen molar-refractivity contribution in [2.75, 3.05) is 19.8 Å².